The number of benzene rings is 2. The fourth-order valence-electron chi connectivity index (χ4n) is 2.54. The lowest BCUT2D eigenvalue weighted by atomic mass is 10.1. The first-order valence-corrected chi connectivity index (χ1v) is 10.1. The molecule has 7 nitrogen and oxygen atoms in total. The minimum absolute atomic E-state index is 0.132. The van der Waals surface area contributed by atoms with Crippen molar-refractivity contribution in [1.82, 2.24) is 5.32 Å². The van der Waals surface area contributed by atoms with Crippen LogP contribution >= 0.6 is 0 Å². The zero-order valence-corrected chi connectivity index (χ0v) is 17.9. The average molecular weight is 414 g/mol. The lowest BCUT2D eigenvalue weighted by molar-refractivity contribution is -0.114. The fourth-order valence-corrected chi connectivity index (χ4v) is 2.54. The van der Waals surface area contributed by atoms with E-state index in [1.807, 2.05) is 24.3 Å². The molecule has 0 unspecified atom stereocenters. The molecule has 7 heteroatoms. The second-order valence-corrected chi connectivity index (χ2v) is 7.28. The Morgan fingerprint density at radius 2 is 1.60 bits per heavy atom. The molecule has 0 radical (unpaired) electrons. The average Bonchev–Trinajstić information content (AvgIpc) is 2.73. The molecule has 162 valence electrons. The molecule has 0 aromatic heterocycles. The van der Waals surface area contributed by atoms with E-state index < -0.39 is 0 Å². The predicted molar refractivity (Wildman–Crippen MR) is 119 cm³/mol. The molecule has 0 saturated heterocycles. The monoisotopic (exact) mass is 413 g/mol. The summed E-state index contributed by atoms with van der Waals surface area (Å²) in [7, 11) is 1.58. The van der Waals surface area contributed by atoms with Crippen LogP contribution in [-0.2, 0) is 9.53 Å². The Kier molecular flexibility index (Phi) is 9.67. The van der Waals surface area contributed by atoms with E-state index in [-0.39, 0.29) is 18.4 Å². The van der Waals surface area contributed by atoms with E-state index in [4.69, 9.17) is 9.47 Å². The van der Waals surface area contributed by atoms with Gasteiger partial charge in [-0.15, -0.1) is 0 Å². The molecule has 3 N–H and O–H groups in total. The molecule has 2 rings (SSSR count). The topological polar surface area (TPSA) is 88.7 Å². The number of amides is 2. The lowest BCUT2D eigenvalue weighted by Gasteiger charge is -2.10. The summed E-state index contributed by atoms with van der Waals surface area (Å²) in [5.41, 5.74) is 1.99. The molecule has 0 aliphatic carbocycles. The van der Waals surface area contributed by atoms with Gasteiger partial charge in [0.25, 0.3) is 5.91 Å². The van der Waals surface area contributed by atoms with Gasteiger partial charge < -0.3 is 25.4 Å². The van der Waals surface area contributed by atoms with Crippen molar-refractivity contribution in [2.75, 3.05) is 44.0 Å². The van der Waals surface area contributed by atoms with E-state index in [2.05, 4.69) is 29.8 Å². The van der Waals surface area contributed by atoms with Crippen LogP contribution < -0.4 is 20.7 Å². The van der Waals surface area contributed by atoms with Gasteiger partial charge in [0.15, 0.2) is 0 Å². The van der Waals surface area contributed by atoms with Gasteiger partial charge in [-0.3, -0.25) is 9.59 Å². The molecule has 0 spiro atoms. The highest BCUT2D eigenvalue weighted by atomic mass is 16.5. The molecule has 0 fully saturated rings. The quantitative estimate of drug-likeness (QED) is 0.463. The summed E-state index contributed by atoms with van der Waals surface area (Å²) < 4.78 is 10.6. The van der Waals surface area contributed by atoms with Gasteiger partial charge in [0.05, 0.1) is 19.8 Å². The van der Waals surface area contributed by atoms with E-state index in [9.17, 15) is 9.59 Å². The molecule has 0 bridgehead atoms. The van der Waals surface area contributed by atoms with Crippen molar-refractivity contribution in [3.8, 4) is 5.75 Å². The number of hydrogen-bond donors (Lipinski definition) is 3. The van der Waals surface area contributed by atoms with Crippen molar-refractivity contribution in [2.24, 2.45) is 5.92 Å². The zero-order chi connectivity index (χ0) is 21.8. The Morgan fingerprint density at radius 3 is 2.23 bits per heavy atom. The van der Waals surface area contributed by atoms with Gasteiger partial charge in [-0.05, 0) is 60.9 Å². The first-order valence-electron chi connectivity index (χ1n) is 10.1. The number of carbonyl (C=O) groups excluding carboxylic acids is 2. The van der Waals surface area contributed by atoms with Crippen molar-refractivity contribution in [3.05, 3.63) is 54.1 Å². The summed E-state index contributed by atoms with van der Waals surface area (Å²) in [5.74, 6) is 1.07. The molecule has 2 aromatic rings. The summed E-state index contributed by atoms with van der Waals surface area (Å²) >= 11 is 0. The van der Waals surface area contributed by atoms with Gasteiger partial charge in [-0.25, -0.2) is 0 Å². The number of anilines is 2. The molecule has 2 amide bonds. The minimum atomic E-state index is -0.178. The Bertz CT molecular complexity index is 789. The van der Waals surface area contributed by atoms with E-state index in [0.717, 1.165) is 17.9 Å². The molecular weight excluding hydrogens is 382 g/mol. The molecule has 30 heavy (non-hydrogen) atoms. The maximum atomic E-state index is 12.2. The smallest absolute Gasteiger partial charge is 0.251 e. The van der Waals surface area contributed by atoms with Crippen LogP contribution in [0.15, 0.2) is 48.5 Å². The van der Waals surface area contributed by atoms with Crippen LogP contribution in [0, 0.1) is 5.92 Å². The molecule has 0 heterocycles. The van der Waals surface area contributed by atoms with Gasteiger partial charge in [-0.2, -0.15) is 0 Å². The van der Waals surface area contributed by atoms with Crippen molar-refractivity contribution in [3.63, 3.8) is 0 Å². The Hall–Kier alpha value is -3.06. The first kappa shape index (κ1) is 23.2. The fraction of sp³-hybridized carbons (Fsp3) is 0.391. The van der Waals surface area contributed by atoms with Gasteiger partial charge in [0, 0.05) is 30.6 Å². The molecular formula is C23H31N3O4. The van der Waals surface area contributed by atoms with E-state index in [1.165, 1.54) is 0 Å². The van der Waals surface area contributed by atoms with Crippen LogP contribution in [0.3, 0.4) is 0 Å². The standard InChI is InChI=1S/C23H31N3O4/c1-17(2)12-14-30-21-10-8-19(9-11-21)25-16-22(27)26-20-6-4-18(5-7-20)23(28)24-13-15-29-3/h4-11,17,25H,12-16H2,1-3H3,(H,24,28)(H,26,27). The zero-order valence-electron chi connectivity index (χ0n) is 17.9. The van der Waals surface area contributed by atoms with Crippen molar-refractivity contribution < 1.29 is 19.1 Å². The highest BCUT2D eigenvalue weighted by Gasteiger charge is 2.07. The van der Waals surface area contributed by atoms with Gasteiger partial charge >= 0.3 is 0 Å². The van der Waals surface area contributed by atoms with Gasteiger partial charge in [0.2, 0.25) is 5.91 Å². The lowest BCUT2D eigenvalue weighted by Crippen LogP contribution is -2.27. The van der Waals surface area contributed by atoms with Crippen molar-refractivity contribution in [2.45, 2.75) is 20.3 Å². The number of rotatable bonds is 12. The maximum absolute atomic E-state index is 12.2. The number of nitrogens with one attached hydrogen (secondary N) is 3. The third kappa shape index (κ3) is 8.53. The normalized spacial score (nSPS) is 10.5. The van der Waals surface area contributed by atoms with Crippen LogP contribution in [-0.4, -0.2) is 45.2 Å². The molecule has 2 aromatic carbocycles. The molecule has 0 aliphatic heterocycles. The van der Waals surface area contributed by atoms with Crippen LogP contribution in [0.5, 0.6) is 5.75 Å². The molecule has 0 atom stereocenters. The minimum Gasteiger partial charge on any atom is -0.494 e. The number of carbonyl (C=O) groups is 2. The second-order valence-electron chi connectivity index (χ2n) is 7.28. The predicted octanol–water partition coefficient (Wildman–Crippen LogP) is 3.54. The van der Waals surface area contributed by atoms with E-state index >= 15 is 0 Å². The summed E-state index contributed by atoms with van der Waals surface area (Å²) in [5, 5.41) is 8.63. The second kappa shape index (κ2) is 12.5. The summed E-state index contributed by atoms with van der Waals surface area (Å²) in [6, 6.07) is 14.3. The maximum Gasteiger partial charge on any atom is 0.251 e. The van der Waals surface area contributed by atoms with Crippen LogP contribution in [0.4, 0.5) is 11.4 Å². The largest absolute Gasteiger partial charge is 0.494 e. The van der Waals surface area contributed by atoms with Crippen LogP contribution in [0.2, 0.25) is 0 Å². The molecule has 0 aliphatic rings. The highest BCUT2D eigenvalue weighted by Crippen LogP contribution is 2.16. The summed E-state index contributed by atoms with van der Waals surface area (Å²) in [6.45, 7) is 6.06. The number of ether oxygens (including phenoxy) is 2. The molecule has 0 saturated carbocycles. The van der Waals surface area contributed by atoms with Crippen LogP contribution in [0.1, 0.15) is 30.6 Å². The van der Waals surface area contributed by atoms with Gasteiger partial charge in [0.1, 0.15) is 5.75 Å². The summed E-state index contributed by atoms with van der Waals surface area (Å²) in [6.07, 6.45) is 1.01. The third-order valence-corrected chi connectivity index (χ3v) is 4.29. The Balaban J connectivity index is 1.74. The van der Waals surface area contributed by atoms with Crippen molar-refractivity contribution in [1.29, 1.82) is 0 Å². The Morgan fingerprint density at radius 1 is 0.933 bits per heavy atom. The van der Waals surface area contributed by atoms with Crippen LogP contribution in [0.25, 0.3) is 0 Å². The van der Waals surface area contributed by atoms with E-state index in [0.29, 0.717) is 36.9 Å². The highest BCUT2D eigenvalue weighted by molar-refractivity contribution is 5.96. The Labute approximate surface area is 178 Å². The number of methoxy groups -OCH3 is 1. The SMILES string of the molecule is COCCNC(=O)c1ccc(NC(=O)CNc2ccc(OCCC(C)C)cc2)cc1. The summed E-state index contributed by atoms with van der Waals surface area (Å²) in [4.78, 5) is 24.1. The van der Waals surface area contributed by atoms with Crippen molar-refractivity contribution >= 4 is 23.2 Å². The third-order valence-electron chi connectivity index (χ3n) is 4.29. The van der Waals surface area contributed by atoms with E-state index in [1.54, 1.807) is 31.4 Å². The van der Waals surface area contributed by atoms with Gasteiger partial charge in [-0.1, -0.05) is 13.8 Å². The number of hydrogen-bond acceptors (Lipinski definition) is 5. The first-order chi connectivity index (χ1) is 14.5.